The minimum atomic E-state index is 0. The third-order valence-electron chi connectivity index (χ3n) is 3.75. The van der Waals surface area contributed by atoms with Crippen LogP contribution in [0, 0.1) is 0 Å². The van der Waals surface area contributed by atoms with Crippen LogP contribution in [-0.4, -0.2) is 26.9 Å². The van der Waals surface area contributed by atoms with Crippen molar-refractivity contribution in [1.29, 1.82) is 0 Å². The molecule has 1 aliphatic rings. The van der Waals surface area contributed by atoms with Gasteiger partial charge in [0.2, 0.25) is 0 Å². The number of nitrogens with one attached hydrogen (secondary N) is 1. The molecule has 2 aromatic carbocycles. The molecule has 0 spiro atoms. The molecule has 1 atom stereocenters. The van der Waals surface area contributed by atoms with Gasteiger partial charge in [-0.3, -0.25) is 0 Å². The molecule has 1 heterocycles. The molecular formula is C18H22ClNO3. The van der Waals surface area contributed by atoms with Crippen molar-refractivity contribution in [3.8, 4) is 11.5 Å². The average molecular weight is 336 g/mol. The summed E-state index contributed by atoms with van der Waals surface area (Å²) in [6, 6.07) is 16.4. The van der Waals surface area contributed by atoms with Crippen molar-refractivity contribution in [2.24, 2.45) is 0 Å². The highest BCUT2D eigenvalue weighted by Crippen LogP contribution is 2.31. The van der Waals surface area contributed by atoms with E-state index >= 15 is 0 Å². The normalized spacial score (nSPS) is 17.2. The summed E-state index contributed by atoms with van der Waals surface area (Å²) in [5, 5.41) is 3.45. The molecule has 0 bridgehead atoms. The Morgan fingerprint density at radius 2 is 1.96 bits per heavy atom. The van der Waals surface area contributed by atoms with Gasteiger partial charge >= 0.3 is 0 Å². The zero-order chi connectivity index (χ0) is 15.2. The lowest BCUT2D eigenvalue weighted by molar-refractivity contribution is 0.0767. The predicted octanol–water partition coefficient (Wildman–Crippen LogP) is 3.36. The van der Waals surface area contributed by atoms with Gasteiger partial charge in [0.25, 0.3) is 0 Å². The van der Waals surface area contributed by atoms with Crippen molar-refractivity contribution in [2.75, 3.05) is 26.9 Å². The van der Waals surface area contributed by atoms with E-state index in [-0.39, 0.29) is 18.4 Å². The quantitative estimate of drug-likeness (QED) is 0.909. The highest BCUT2D eigenvalue weighted by Gasteiger charge is 2.17. The Kier molecular flexibility index (Phi) is 6.71. The van der Waals surface area contributed by atoms with Crippen LogP contribution < -0.4 is 14.8 Å². The third kappa shape index (κ3) is 4.61. The molecule has 23 heavy (non-hydrogen) atoms. The summed E-state index contributed by atoms with van der Waals surface area (Å²) in [6.45, 7) is 2.85. The van der Waals surface area contributed by atoms with Crippen molar-refractivity contribution in [3.63, 3.8) is 0 Å². The van der Waals surface area contributed by atoms with Crippen LogP contribution in [0.4, 0.5) is 0 Å². The molecule has 5 heteroatoms. The molecule has 0 unspecified atom stereocenters. The summed E-state index contributed by atoms with van der Waals surface area (Å²) in [7, 11) is 1.66. The minimum absolute atomic E-state index is 0. The van der Waals surface area contributed by atoms with Gasteiger partial charge < -0.3 is 19.5 Å². The van der Waals surface area contributed by atoms with Crippen LogP contribution in [0.5, 0.6) is 11.5 Å². The van der Waals surface area contributed by atoms with Crippen molar-refractivity contribution >= 4 is 12.4 Å². The molecule has 2 aromatic rings. The fourth-order valence-electron chi connectivity index (χ4n) is 2.54. The summed E-state index contributed by atoms with van der Waals surface area (Å²) in [5.74, 6) is 1.51. The highest BCUT2D eigenvalue weighted by molar-refractivity contribution is 5.85. The van der Waals surface area contributed by atoms with Crippen LogP contribution in [0.15, 0.2) is 48.5 Å². The molecule has 1 saturated heterocycles. The number of hydrogen-bond acceptors (Lipinski definition) is 4. The van der Waals surface area contributed by atoms with Crippen LogP contribution in [-0.2, 0) is 11.3 Å². The molecule has 3 rings (SSSR count). The fourth-order valence-corrected chi connectivity index (χ4v) is 2.54. The molecule has 0 amide bonds. The van der Waals surface area contributed by atoms with E-state index in [1.54, 1.807) is 7.11 Å². The van der Waals surface area contributed by atoms with Gasteiger partial charge in [-0.05, 0) is 23.3 Å². The van der Waals surface area contributed by atoms with E-state index in [1.165, 1.54) is 0 Å². The second-order valence-corrected chi connectivity index (χ2v) is 5.27. The minimum Gasteiger partial charge on any atom is -0.493 e. The SMILES string of the molecule is COc1ccc([C@H]2COCCN2)cc1OCc1ccccc1.Cl. The lowest BCUT2D eigenvalue weighted by Gasteiger charge is -2.25. The number of hydrogen-bond donors (Lipinski definition) is 1. The number of rotatable bonds is 5. The summed E-state index contributed by atoms with van der Waals surface area (Å²) in [6.07, 6.45) is 0. The molecule has 4 nitrogen and oxygen atoms in total. The number of ether oxygens (including phenoxy) is 3. The highest BCUT2D eigenvalue weighted by atomic mass is 35.5. The lowest BCUT2D eigenvalue weighted by atomic mass is 10.1. The topological polar surface area (TPSA) is 39.7 Å². The zero-order valence-electron chi connectivity index (χ0n) is 13.2. The molecular weight excluding hydrogens is 314 g/mol. The van der Waals surface area contributed by atoms with Gasteiger partial charge in [-0.1, -0.05) is 36.4 Å². The van der Waals surface area contributed by atoms with Crippen molar-refractivity contribution < 1.29 is 14.2 Å². The van der Waals surface area contributed by atoms with Gasteiger partial charge in [0.1, 0.15) is 6.61 Å². The third-order valence-corrected chi connectivity index (χ3v) is 3.75. The van der Waals surface area contributed by atoms with Crippen LogP contribution >= 0.6 is 12.4 Å². The molecule has 124 valence electrons. The second-order valence-electron chi connectivity index (χ2n) is 5.27. The standard InChI is InChI=1S/C18H21NO3.ClH/c1-20-17-8-7-15(16-13-21-10-9-19-16)11-18(17)22-12-14-5-3-2-4-6-14;/h2-8,11,16,19H,9-10,12-13H2,1H3;1H/t16-;/m1./s1. The first-order valence-corrected chi connectivity index (χ1v) is 7.52. The first kappa shape index (κ1) is 17.6. The van der Waals surface area contributed by atoms with Gasteiger partial charge in [-0.2, -0.15) is 0 Å². The number of morpholine rings is 1. The molecule has 1 N–H and O–H groups in total. The maximum atomic E-state index is 5.95. The molecule has 0 saturated carbocycles. The molecule has 1 fully saturated rings. The van der Waals surface area contributed by atoms with Crippen LogP contribution in [0.25, 0.3) is 0 Å². The van der Waals surface area contributed by atoms with E-state index in [9.17, 15) is 0 Å². The van der Waals surface area contributed by atoms with Crippen molar-refractivity contribution in [1.82, 2.24) is 5.32 Å². The molecule has 1 aliphatic heterocycles. The Hall–Kier alpha value is -1.75. The Morgan fingerprint density at radius 3 is 2.65 bits per heavy atom. The molecule has 0 aromatic heterocycles. The maximum absolute atomic E-state index is 5.95. The number of methoxy groups -OCH3 is 1. The summed E-state index contributed by atoms with van der Waals surface area (Å²) >= 11 is 0. The summed E-state index contributed by atoms with van der Waals surface area (Å²) < 4.78 is 16.9. The summed E-state index contributed by atoms with van der Waals surface area (Å²) in [4.78, 5) is 0. The smallest absolute Gasteiger partial charge is 0.161 e. The summed E-state index contributed by atoms with van der Waals surface area (Å²) in [5.41, 5.74) is 2.29. The first-order valence-electron chi connectivity index (χ1n) is 7.52. The maximum Gasteiger partial charge on any atom is 0.161 e. The van der Waals surface area contributed by atoms with Gasteiger partial charge in [-0.25, -0.2) is 0 Å². The van der Waals surface area contributed by atoms with Crippen LogP contribution in [0.1, 0.15) is 17.2 Å². The average Bonchev–Trinajstić information content (AvgIpc) is 2.61. The Bertz CT molecular complexity index is 600. The number of halogens is 1. The largest absolute Gasteiger partial charge is 0.493 e. The Morgan fingerprint density at radius 1 is 1.13 bits per heavy atom. The lowest BCUT2D eigenvalue weighted by Crippen LogP contribution is -2.34. The van der Waals surface area contributed by atoms with E-state index in [2.05, 4.69) is 11.4 Å². The monoisotopic (exact) mass is 335 g/mol. The van der Waals surface area contributed by atoms with E-state index in [0.717, 1.165) is 35.8 Å². The first-order chi connectivity index (χ1) is 10.9. The van der Waals surface area contributed by atoms with Crippen LogP contribution in [0.2, 0.25) is 0 Å². The number of benzene rings is 2. The van der Waals surface area contributed by atoms with Crippen LogP contribution in [0.3, 0.4) is 0 Å². The van der Waals surface area contributed by atoms with Gasteiger partial charge in [0, 0.05) is 6.54 Å². The van der Waals surface area contributed by atoms with Gasteiger partial charge in [0.05, 0.1) is 26.4 Å². The molecule has 0 aliphatic carbocycles. The van der Waals surface area contributed by atoms with Crippen molar-refractivity contribution in [2.45, 2.75) is 12.6 Å². The van der Waals surface area contributed by atoms with Gasteiger partial charge in [0.15, 0.2) is 11.5 Å². The van der Waals surface area contributed by atoms with E-state index in [1.807, 2.05) is 42.5 Å². The Balaban J connectivity index is 0.00000192. The fraction of sp³-hybridized carbons (Fsp3) is 0.333. The van der Waals surface area contributed by atoms with E-state index in [4.69, 9.17) is 14.2 Å². The van der Waals surface area contributed by atoms with E-state index < -0.39 is 0 Å². The van der Waals surface area contributed by atoms with Crippen molar-refractivity contribution in [3.05, 3.63) is 59.7 Å². The predicted molar refractivity (Wildman–Crippen MR) is 92.6 cm³/mol. The zero-order valence-corrected chi connectivity index (χ0v) is 14.0. The van der Waals surface area contributed by atoms with Gasteiger partial charge in [-0.15, -0.1) is 12.4 Å². The Labute approximate surface area is 143 Å². The van der Waals surface area contributed by atoms with E-state index in [0.29, 0.717) is 13.2 Å². The molecule has 0 radical (unpaired) electrons. The second kappa shape index (κ2) is 8.77.